The van der Waals surface area contributed by atoms with Crippen molar-refractivity contribution in [3.8, 4) is 6.07 Å². The molecule has 0 fully saturated rings. The standard InChI is InChI=1S/C9H16N2O/c1-7(6-10)11(5)8(12)9(2,3)4/h7H,1-5H3. The van der Waals surface area contributed by atoms with Crippen molar-refractivity contribution in [2.45, 2.75) is 33.7 Å². The van der Waals surface area contributed by atoms with Crippen molar-refractivity contribution in [2.24, 2.45) is 5.41 Å². The monoisotopic (exact) mass is 168 g/mol. The van der Waals surface area contributed by atoms with E-state index in [4.69, 9.17) is 5.26 Å². The molecule has 0 saturated heterocycles. The van der Waals surface area contributed by atoms with Gasteiger partial charge in [-0.1, -0.05) is 20.8 Å². The van der Waals surface area contributed by atoms with E-state index in [9.17, 15) is 4.79 Å². The summed E-state index contributed by atoms with van der Waals surface area (Å²) in [7, 11) is 1.65. The molecule has 0 aromatic carbocycles. The van der Waals surface area contributed by atoms with E-state index in [-0.39, 0.29) is 11.9 Å². The van der Waals surface area contributed by atoms with Crippen molar-refractivity contribution in [3.63, 3.8) is 0 Å². The smallest absolute Gasteiger partial charge is 0.228 e. The molecule has 1 unspecified atom stereocenters. The minimum atomic E-state index is -0.403. The summed E-state index contributed by atoms with van der Waals surface area (Å²) < 4.78 is 0. The Balaban J connectivity index is 4.43. The fourth-order valence-electron chi connectivity index (χ4n) is 0.792. The lowest BCUT2D eigenvalue weighted by atomic mass is 9.94. The van der Waals surface area contributed by atoms with Crippen molar-refractivity contribution in [1.29, 1.82) is 5.26 Å². The molecule has 0 aromatic heterocycles. The summed E-state index contributed by atoms with van der Waals surface area (Å²) in [6, 6.07) is 1.67. The molecule has 0 aliphatic rings. The van der Waals surface area contributed by atoms with Crippen molar-refractivity contribution in [3.05, 3.63) is 0 Å². The van der Waals surface area contributed by atoms with Gasteiger partial charge >= 0.3 is 0 Å². The molecule has 0 bridgehead atoms. The van der Waals surface area contributed by atoms with Gasteiger partial charge in [-0.15, -0.1) is 0 Å². The Kier molecular flexibility index (Phi) is 3.26. The predicted octanol–water partition coefficient (Wildman–Crippen LogP) is 1.40. The van der Waals surface area contributed by atoms with Gasteiger partial charge in [0.2, 0.25) is 5.91 Å². The van der Waals surface area contributed by atoms with Gasteiger partial charge < -0.3 is 4.90 Å². The average molecular weight is 168 g/mol. The van der Waals surface area contributed by atoms with E-state index in [1.165, 1.54) is 4.90 Å². The minimum Gasteiger partial charge on any atom is -0.330 e. The molecule has 0 aliphatic carbocycles. The van der Waals surface area contributed by atoms with Crippen LogP contribution in [0.3, 0.4) is 0 Å². The van der Waals surface area contributed by atoms with Crippen LogP contribution in [0.2, 0.25) is 0 Å². The fourth-order valence-corrected chi connectivity index (χ4v) is 0.792. The van der Waals surface area contributed by atoms with Crippen LogP contribution in [0, 0.1) is 16.7 Å². The molecule has 0 radical (unpaired) electrons. The number of carbonyl (C=O) groups is 1. The van der Waals surface area contributed by atoms with Crippen LogP contribution in [0.25, 0.3) is 0 Å². The third kappa shape index (κ3) is 2.54. The van der Waals surface area contributed by atoms with Gasteiger partial charge in [0.25, 0.3) is 0 Å². The number of rotatable bonds is 1. The summed E-state index contributed by atoms with van der Waals surface area (Å²) in [6.45, 7) is 7.24. The van der Waals surface area contributed by atoms with E-state index in [0.29, 0.717) is 0 Å². The molecule has 1 atom stereocenters. The molecule has 3 heteroatoms. The van der Waals surface area contributed by atoms with Crippen LogP contribution in [-0.4, -0.2) is 23.9 Å². The van der Waals surface area contributed by atoms with Crippen LogP contribution in [0.1, 0.15) is 27.7 Å². The van der Waals surface area contributed by atoms with Crippen molar-refractivity contribution >= 4 is 5.91 Å². The summed E-state index contributed by atoms with van der Waals surface area (Å²) in [6.07, 6.45) is 0. The Morgan fingerprint density at radius 2 is 1.92 bits per heavy atom. The summed E-state index contributed by atoms with van der Waals surface area (Å²) in [4.78, 5) is 13.0. The molecule has 0 saturated carbocycles. The molecule has 1 amide bonds. The fraction of sp³-hybridized carbons (Fsp3) is 0.778. The highest BCUT2D eigenvalue weighted by atomic mass is 16.2. The quantitative estimate of drug-likeness (QED) is 0.594. The molecule has 68 valence electrons. The Hall–Kier alpha value is -1.04. The topological polar surface area (TPSA) is 44.1 Å². The maximum atomic E-state index is 11.5. The molecular weight excluding hydrogens is 152 g/mol. The zero-order valence-electron chi connectivity index (χ0n) is 8.38. The summed E-state index contributed by atoms with van der Waals surface area (Å²) in [5.41, 5.74) is -0.403. The lowest BCUT2D eigenvalue weighted by molar-refractivity contribution is -0.138. The first-order valence-corrected chi connectivity index (χ1v) is 3.97. The van der Waals surface area contributed by atoms with Gasteiger partial charge in [-0.3, -0.25) is 4.79 Å². The lowest BCUT2D eigenvalue weighted by Gasteiger charge is -2.27. The van der Waals surface area contributed by atoms with Crippen molar-refractivity contribution < 1.29 is 4.79 Å². The summed E-state index contributed by atoms with van der Waals surface area (Å²) in [5, 5.41) is 8.58. The first-order valence-electron chi connectivity index (χ1n) is 3.97. The normalized spacial score (nSPS) is 13.3. The van der Waals surface area contributed by atoms with Gasteiger partial charge in [0.05, 0.1) is 6.07 Å². The zero-order valence-corrected chi connectivity index (χ0v) is 8.38. The summed E-state index contributed by atoms with van der Waals surface area (Å²) in [5.74, 6) is -0.00319. The van der Waals surface area contributed by atoms with E-state index in [0.717, 1.165) is 0 Å². The highest BCUT2D eigenvalue weighted by Gasteiger charge is 2.27. The first kappa shape index (κ1) is 11.0. The Labute approximate surface area is 74.0 Å². The zero-order chi connectivity index (χ0) is 9.94. The SMILES string of the molecule is CC(C#N)N(C)C(=O)C(C)(C)C. The van der Waals surface area contributed by atoms with Crippen LogP contribution in [-0.2, 0) is 4.79 Å². The third-order valence-corrected chi connectivity index (χ3v) is 1.73. The average Bonchev–Trinajstić information content (AvgIpc) is 1.98. The molecule has 0 aromatic rings. The molecule has 0 heterocycles. The van der Waals surface area contributed by atoms with Crippen LogP contribution in [0.4, 0.5) is 0 Å². The van der Waals surface area contributed by atoms with Gasteiger partial charge in [0.15, 0.2) is 0 Å². The molecular formula is C9H16N2O. The van der Waals surface area contributed by atoms with Crippen molar-refractivity contribution in [1.82, 2.24) is 4.90 Å². The minimum absolute atomic E-state index is 0.00319. The molecule has 0 N–H and O–H groups in total. The first-order chi connectivity index (χ1) is 5.30. The Morgan fingerprint density at radius 3 is 2.17 bits per heavy atom. The van der Waals surface area contributed by atoms with E-state index < -0.39 is 5.41 Å². The molecule has 0 spiro atoms. The largest absolute Gasteiger partial charge is 0.330 e. The number of nitrogens with zero attached hydrogens (tertiary/aromatic N) is 2. The van der Waals surface area contributed by atoms with Gasteiger partial charge in [0, 0.05) is 12.5 Å². The van der Waals surface area contributed by atoms with E-state index in [1.807, 2.05) is 26.8 Å². The second-order valence-electron chi connectivity index (χ2n) is 3.97. The van der Waals surface area contributed by atoms with E-state index >= 15 is 0 Å². The molecule has 0 rings (SSSR count). The second kappa shape index (κ2) is 3.57. The van der Waals surface area contributed by atoms with Crippen LogP contribution in [0.15, 0.2) is 0 Å². The Bertz CT molecular complexity index is 210. The number of nitriles is 1. The van der Waals surface area contributed by atoms with Gasteiger partial charge in [-0.2, -0.15) is 5.26 Å². The van der Waals surface area contributed by atoms with Gasteiger partial charge in [0.1, 0.15) is 6.04 Å². The highest BCUT2D eigenvalue weighted by molar-refractivity contribution is 5.81. The number of hydrogen-bond donors (Lipinski definition) is 0. The Morgan fingerprint density at radius 1 is 1.50 bits per heavy atom. The molecule has 12 heavy (non-hydrogen) atoms. The van der Waals surface area contributed by atoms with E-state index in [1.54, 1.807) is 14.0 Å². The number of hydrogen-bond acceptors (Lipinski definition) is 2. The van der Waals surface area contributed by atoms with E-state index in [2.05, 4.69) is 0 Å². The van der Waals surface area contributed by atoms with Crippen molar-refractivity contribution in [2.75, 3.05) is 7.05 Å². The summed E-state index contributed by atoms with van der Waals surface area (Å²) >= 11 is 0. The van der Waals surface area contributed by atoms with Crippen LogP contribution < -0.4 is 0 Å². The lowest BCUT2D eigenvalue weighted by Crippen LogP contribution is -2.41. The van der Waals surface area contributed by atoms with Gasteiger partial charge in [-0.25, -0.2) is 0 Å². The third-order valence-electron chi connectivity index (χ3n) is 1.73. The number of carbonyl (C=O) groups excluding carboxylic acids is 1. The maximum Gasteiger partial charge on any atom is 0.228 e. The molecule has 0 aliphatic heterocycles. The van der Waals surface area contributed by atoms with Crippen LogP contribution in [0.5, 0.6) is 0 Å². The number of amides is 1. The predicted molar refractivity (Wildman–Crippen MR) is 47.3 cm³/mol. The highest BCUT2D eigenvalue weighted by Crippen LogP contribution is 2.17. The van der Waals surface area contributed by atoms with Crippen LogP contribution >= 0.6 is 0 Å². The second-order valence-corrected chi connectivity index (χ2v) is 3.97. The maximum absolute atomic E-state index is 11.5. The molecule has 3 nitrogen and oxygen atoms in total. The van der Waals surface area contributed by atoms with Gasteiger partial charge in [-0.05, 0) is 6.92 Å².